The smallest absolute Gasteiger partial charge is 0.274 e. The van der Waals surface area contributed by atoms with Crippen molar-refractivity contribution in [2.75, 3.05) is 26.2 Å². The quantitative estimate of drug-likeness (QED) is 0.901. The lowest BCUT2D eigenvalue weighted by molar-refractivity contribution is -0.00705. The highest BCUT2D eigenvalue weighted by Gasteiger charge is 2.32. The molecule has 1 fully saturated rings. The number of hydrogen-bond acceptors (Lipinski definition) is 4. The summed E-state index contributed by atoms with van der Waals surface area (Å²) in [6.45, 7) is 11.9. The summed E-state index contributed by atoms with van der Waals surface area (Å²) in [5.41, 5.74) is 2.60. The predicted octanol–water partition coefficient (Wildman–Crippen LogP) is 1.60. The van der Waals surface area contributed by atoms with Gasteiger partial charge in [0, 0.05) is 44.2 Å². The molecular formula is C16H26N4O2. The van der Waals surface area contributed by atoms with Crippen molar-refractivity contribution in [1.82, 2.24) is 20.0 Å². The lowest BCUT2D eigenvalue weighted by atomic mass is 9.99. The van der Waals surface area contributed by atoms with Crippen molar-refractivity contribution in [2.24, 2.45) is 0 Å². The first-order chi connectivity index (χ1) is 10.5. The number of carbonyl (C=O) groups is 1. The number of nitrogens with zero attached hydrogens (tertiary/aromatic N) is 3. The van der Waals surface area contributed by atoms with Gasteiger partial charge in [0.2, 0.25) is 0 Å². The molecule has 2 aliphatic rings. The van der Waals surface area contributed by atoms with Crippen LogP contribution in [-0.2, 0) is 11.2 Å². The molecule has 122 valence electrons. The number of amides is 1. The number of fused-ring (bicyclic) bond motifs is 1. The van der Waals surface area contributed by atoms with Gasteiger partial charge in [0.1, 0.15) is 0 Å². The van der Waals surface area contributed by atoms with Crippen LogP contribution < -0.4 is 0 Å². The molecule has 0 aliphatic carbocycles. The van der Waals surface area contributed by atoms with E-state index in [1.807, 2.05) is 18.7 Å². The molecule has 6 heteroatoms. The Bertz CT molecular complexity index is 546. The number of rotatable bonds is 2. The van der Waals surface area contributed by atoms with E-state index in [2.05, 4.69) is 28.9 Å². The molecule has 6 nitrogen and oxygen atoms in total. The monoisotopic (exact) mass is 306 g/mol. The van der Waals surface area contributed by atoms with Gasteiger partial charge in [0.05, 0.1) is 17.9 Å². The van der Waals surface area contributed by atoms with Crippen LogP contribution in [0.4, 0.5) is 0 Å². The fraction of sp³-hybridized carbons (Fsp3) is 0.750. The Kier molecular flexibility index (Phi) is 4.23. The lowest BCUT2D eigenvalue weighted by Crippen LogP contribution is -2.51. The molecule has 0 radical (unpaired) electrons. The molecule has 0 bridgehead atoms. The number of carbonyl (C=O) groups excluding carboxylic acids is 1. The van der Waals surface area contributed by atoms with Crippen LogP contribution in [0.25, 0.3) is 0 Å². The highest BCUT2D eigenvalue weighted by atomic mass is 16.5. The van der Waals surface area contributed by atoms with Gasteiger partial charge in [-0.05, 0) is 27.7 Å². The minimum absolute atomic E-state index is 0.0226. The maximum atomic E-state index is 12.8. The summed E-state index contributed by atoms with van der Waals surface area (Å²) in [7, 11) is 0. The minimum atomic E-state index is -0.0226. The molecule has 2 aliphatic heterocycles. The lowest BCUT2D eigenvalue weighted by Gasteiger charge is -2.36. The van der Waals surface area contributed by atoms with Crippen molar-refractivity contribution >= 4 is 5.91 Å². The van der Waals surface area contributed by atoms with Crippen LogP contribution in [0.5, 0.6) is 0 Å². The first-order valence-electron chi connectivity index (χ1n) is 8.23. The van der Waals surface area contributed by atoms with Gasteiger partial charge in [-0.2, -0.15) is 5.10 Å². The van der Waals surface area contributed by atoms with Gasteiger partial charge >= 0.3 is 0 Å². The third kappa shape index (κ3) is 2.77. The largest absolute Gasteiger partial charge is 0.369 e. The highest BCUT2D eigenvalue weighted by Crippen LogP contribution is 2.30. The van der Waals surface area contributed by atoms with E-state index in [9.17, 15) is 4.79 Å². The van der Waals surface area contributed by atoms with Gasteiger partial charge in [-0.3, -0.25) is 14.8 Å². The zero-order chi connectivity index (χ0) is 15.9. The molecule has 1 amide bonds. The number of H-pyrrole nitrogens is 1. The van der Waals surface area contributed by atoms with E-state index in [4.69, 9.17) is 4.74 Å². The summed E-state index contributed by atoms with van der Waals surface area (Å²) < 4.78 is 5.79. The van der Waals surface area contributed by atoms with Crippen molar-refractivity contribution < 1.29 is 9.53 Å². The van der Waals surface area contributed by atoms with Crippen LogP contribution >= 0.6 is 0 Å². The molecule has 2 atom stereocenters. The fourth-order valence-electron chi connectivity index (χ4n) is 3.44. The SMILES string of the molecule is CC(C)N1CCN(C(=O)c2n[nH]c3c2C[C@H](C)O[C@@H]3C)CC1. The highest BCUT2D eigenvalue weighted by molar-refractivity contribution is 5.94. The number of nitrogens with one attached hydrogen (secondary N) is 1. The summed E-state index contributed by atoms with van der Waals surface area (Å²) in [4.78, 5) is 17.1. The maximum absolute atomic E-state index is 12.8. The van der Waals surface area contributed by atoms with Crippen molar-refractivity contribution in [3.05, 3.63) is 17.0 Å². The van der Waals surface area contributed by atoms with Gasteiger partial charge in [-0.15, -0.1) is 0 Å². The number of piperazine rings is 1. The first kappa shape index (κ1) is 15.5. The van der Waals surface area contributed by atoms with Crippen molar-refractivity contribution in [2.45, 2.75) is 52.4 Å². The van der Waals surface area contributed by atoms with Gasteiger partial charge in [0.15, 0.2) is 5.69 Å². The van der Waals surface area contributed by atoms with Crippen LogP contribution in [0.15, 0.2) is 0 Å². The van der Waals surface area contributed by atoms with Gasteiger partial charge in [0.25, 0.3) is 5.91 Å². The zero-order valence-electron chi connectivity index (χ0n) is 13.9. The number of ether oxygens (including phenoxy) is 1. The van der Waals surface area contributed by atoms with Crippen molar-refractivity contribution in [1.29, 1.82) is 0 Å². The molecule has 0 saturated carbocycles. The molecule has 3 heterocycles. The normalized spacial score (nSPS) is 26.3. The summed E-state index contributed by atoms with van der Waals surface area (Å²) >= 11 is 0. The third-order valence-corrected chi connectivity index (χ3v) is 4.77. The van der Waals surface area contributed by atoms with Gasteiger partial charge < -0.3 is 9.64 Å². The molecule has 22 heavy (non-hydrogen) atoms. The average molecular weight is 306 g/mol. The summed E-state index contributed by atoms with van der Waals surface area (Å²) in [5, 5.41) is 7.31. The molecule has 1 N–H and O–H groups in total. The Hall–Kier alpha value is -1.40. The molecule has 3 rings (SSSR count). The topological polar surface area (TPSA) is 61.5 Å². The second-order valence-corrected chi connectivity index (χ2v) is 6.68. The van der Waals surface area contributed by atoms with Crippen LogP contribution in [0.1, 0.15) is 55.5 Å². The Labute approximate surface area is 131 Å². The van der Waals surface area contributed by atoms with E-state index < -0.39 is 0 Å². The van der Waals surface area contributed by atoms with E-state index in [1.165, 1.54) is 0 Å². The molecule has 0 aromatic carbocycles. The van der Waals surface area contributed by atoms with E-state index >= 15 is 0 Å². The Morgan fingerprint density at radius 2 is 1.95 bits per heavy atom. The van der Waals surface area contributed by atoms with Crippen LogP contribution in [0.3, 0.4) is 0 Å². The summed E-state index contributed by atoms with van der Waals surface area (Å²) in [6.07, 6.45) is 0.860. The van der Waals surface area contributed by atoms with Gasteiger partial charge in [-0.1, -0.05) is 0 Å². The zero-order valence-corrected chi connectivity index (χ0v) is 13.9. The van der Waals surface area contributed by atoms with E-state index in [1.54, 1.807) is 0 Å². The number of aromatic nitrogens is 2. The van der Waals surface area contributed by atoms with Gasteiger partial charge in [-0.25, -0.2) is 0 Å². The molecule has 1 aromatic rings. The Morgan fingerprint density at radius 3 is 2.59 bits per heavy atom. The molecule has 0 unspecified atom stereocenters. The van der Waals surface area contributed by atoms with Crippen molar-refractivity contribution in [3.63, 3.8) is 0 Å². The Morgan fingerprint density at radius 1 is 1.27 bits per heavy atom. The molecule has 1 saturated heterocycles. The average Bonchev–Trinajstić information content (AvgIpc) is 2.90. The molecular weight excluding hydrogens is 280 g/mol. The standard InChI is InChI=1S/C16H26N4O2/c1-10(2)19-5-7-20(8-6-19)16(21)15-13-9-11(3)22-12(4)14(13)17-18-15/h10-12H,5-9H2,1-4H3,(H,17,18)/t11-,12+/m0/s1. The molecule has 1 aromatic heterocycles. The van der Waals surface area contributed by atoms with E-state index in [-0.39, 0.29) is 18.1 Å². The fourth-order valence-corrected chi connectivity index (χ4v) is 3.44. The van der Waals surface area contributed by atoms with E-state index in [0.717, 1.165) is 43.9 Å². The maximum Gasteiger partial charge on any atom is 0.274 e. The summed E-state index contributed by atoms with van der Waals surface area (Å²) in [5.74, 6) is 0.0576. The van der Waals surface area contributed by atoms with Crippen molar-refractivity contribution in [3.8, 4) is 0 Å². The molecule has 0 spiro atoms. The first-order valence-corrected chi connectivity index (χ1v) is 8.23. The van der Waals surface area contributed by atoms with Crippen LogP contribution in [-0.4, -0.2) is 64.2 Å². The Balaban J connectivity index is 1.74. The number of aromatic amines is 1. The minimum Gasteiger partial charge on any atom is -0.369 e. The third-order valence-electron chi connectivity index (χ3n) is 4.77. The van der Waals surface area contributed by atoms with Crippen LogP contribution in [0, 0.1) is 0 Å². The van der Waals surface area contributed by atoms with E-state index in [0.29, 0.717) is 11.7 Å². The predicted molar refractivity (Wildman–Crippen MR) is 83.9 cm³/mol. The summed E-state index contributed by atoms with van der Waals surface area (Å²) in [6, 6.07) is 0.536. The number of hydrogen-bond donors (Lipinski definition) is 1. The second-order valence-electron chi connectivity index (χ2n) is 6.68. The second kappa shape index (κ2) is 6.01. The van der Waals surface area contributed by atoms with Crippen LogP contribution in [0.2, 0.25) is 0 Å².